The van der Waals surface area contributed by atoms with E-state index in [-0.39, 0.29) is 11.9 Å². The average Bonchev–Trinajstić information content (AvgIpc) is 2.74. The van der Waals surface area contributed by atoms with Crippen LogP contribution in [0.25, 0.3) is 0 Å². The summed E-state index contributed by atoms with van der Waals surface area (Å²) in [6.45, 7) is 7.04. The molecule has 3 aliphatic carbocycles. The maximum absolute atomic E-state index is 11.9. The Balaban J connectivity index is 1.45. The summed E-state index contributed by atoms with van der Waals surface area (Å²) in [6, 6.07) is 0.620. The Labute approximate surface area is 110 Å². The molecule has 0 heterocycles. The molecule has 2 N–H and O–H groups in total. The molecule has 3 nitrogen and oxygen atoms in total. The summed E-state index contributed by atoms with van der Waals surface area (Å²) >= 11 is 0. The summed E-state index contributed by atoms with van der Waals surface area (Å²) in [5.74, 6) is 4.46. The van der Waals surface area contributed by atoms with E-state index in [1.807, 2.05) is 6.92 Å². The smallest absolute Gasteiger partial charge is 0.236 e. The molecule has 3 heteroatoms. The van der Waals surface area contributed by atoms with Gasteiger partial charge in [0.05, 0.1) is 6.04 Å². The fraction of sp³-hybridized carbons (Fsp3) is 0.933. The van der Waals surface area contributed by atoms with Crippen LogP contribution in [0.4, 0.5) is 0 Å². The molecule has 1 amide bonds. The van der Waals surface area contributed by atoms with E-state index < -0.39 is 0 Å². The molecule has 0 radical (unpaired) electrons. The highest BCUT2D eigenvalue weighted by molar-refractivity contribution is 5.81. The van der Waals surface area contributed by atoms with Crippen molar-refractivity contribution in [1.82, 2.24) is 10.6 Å². The number of hydrogen-bond donors (Lipinski definition) is 2. The highest BCUT2D eigenvalue weighted by Crippen LogP contribution is 2.65. The van der Waals surface area contributed by atoms with Crippen LogP contribution in [0.1, 0.15) is 40.0 Å². The number of rotatable bonds is 5. The second-order valence-corrected chi connectivity index (χ2v) is 7.04. The predicted octanol–water partition coefficient (Wildman–Crippen LogP) is 1.78. The van der Waals surface area contributed by atoms with Crippen LogP contribution in [0.3, 0.4) is 0 Å². The number of fused-ring (bicyclic) bond motifs is 5. The minimum atomic E-state index is -0.0289. The monoisotopic (exact) mass is 250 g/mol. The third-order valence-electron chi connectivity index (χ3n) is 5.26. The first-order valence-electron chi connectivity index (χ1n) is 7.61. The molecule has 0 aromatic heterocycles. The zero-order valence-corrected chi connectivity index (χ0v) is 11.8. The van der Waals surface area contributed by atoms with Gasteiger partial charge in [0.1, 0.15) is 0 Å². The molecule has 3 rings (SSSR count). The zero-order valence-electron chi connectivity index (χ0n) is 11.8. The Bertz CT molecular complexity index is 325. The lowest BCUT2D eigenvalue weighted by Crippen LogP contribution is -2.45. The molecule has 2 bridgehead atoms. The van der Waals surface area contributed by atoms with Gasteiger partial charge >= 0.3 is 0 Å². The summed E-state index contributed by atoms with van der Waals surface area (Å²) in [7, 11) is 0. The number of hydrogen-bond acceptors (Lipinski definition) is 2. The highest BCUT2D eigenvalue weighted by Gasteiger charge is 2.65. The maximum Gasteiger partial charge on any atom is 0.236 e. The van der Waals surface area contributed by atoms with Gasteiger partial charge < -0.3 is 10.6 Å². The molecule has 5 unspecified atom stereocenters. The van der Waals surface area contributed by atoms with Gasteiger partial charge in [-0.25, -0.2) is 0 Å². The summed E-state index contributed by atoms with van der Waals surface area (Å²) in [5.41, 5.74) is 0. The van der Waals surface area contributed by atoms with E-state index in [9.17, 15) is 4.79 Å². The van der Waals surface area contributed by atoms with Crippen molar-refractivity contribution in [2.75, 3.05) is 6.54 Å². The van der Waals surface area contributed by atoms with Gasteiger partial charge in [0.15, 0.2) is 0 Å². The van der Waals surface area contributed by atoms with E-state index >= 15 is 0 Å². The number of nitrogens with one attached hydrogen (secondary N) is 2. The minimum absolute atomic E-state index is 0.0289. The van der Waals surface area contributed by atoms with Gasteiger partial charge in [-0.2, -0.15) is 0 Å². The standard InChI is InChI=1S/C15H26N2O/c1-8(2)7-16-15(18)9(3)17-14-12-10-4-5-11(6-10)13(12)14/h8-14,17H,4-7H2,1-3H3,(H,16,18). The highest BCUT2D eigenvalue weighted by atomic mass is 16.2. The van der Waals surface area contributed by atoms with Crippen LogP contribution in [0.5, 0.6) is 0 Å². The fourth-order valence-corrected chi connectivity index (χ4v) is 4.37. The van der Waals surface area contributed by atoms with Crippen molar-refractivity contribution in [3.05, 3.63) is 0 Å². The third-order valence-corrected chi connectivity index (χ3v) is 5.26. The van der Waals surface area contributed by atoms with Gasteiger partial charge in [-0.1, -0.05) is 13.8 Å². The van der Waals surface area contributed by atoms with Gasteiger partial charge in [0.25, 0.3) is 0 Å². The molecule has 0 aromatic carbocycles. The van der Waals surface area contributed by atoms with E-state index in [1.165, 1.54) is 19.3 Å². The number of carbonyl (C=O) groups is 1. The largest absolute Gasteiger partial charge is 0.354 e. The molecule has 18 heavy (non-hydrogen) atoms. The molecule has 0 spiro atoms. The fourth-order valence-electron chi connectivity index (χ4n) is 4.37. The molecule has 102 valence electrons. The predicted molar refractivity (Wildman–Crippen MR) is 72.0 cm³/mol. The molecule has 3 aliphatic rings. The van der Waals surface area contributed by atoms with E-state index in [2.05, 4.69) is 24.5 Å². The first-order chi connectivity index (χ1) is 8.58. The second-order valence-electron chi connectivity index (χ2n) is 7.04. The zero-order chi connectivity index (χ0) is 12.9. The Morgan fingerprint density at radius 1 is 1.17 bits per heavy atom. The first-order valence-corrected chi connectivity index (χ1v) is 7.61. The Hall–Kier alpha value is -0.570. The van der Waals surface area contributed by atoms with Crippen LogP contribution in [-0.4, -0.2) is 24.5 Å². The summed E-state index contributed by atoms with van der Waals surface area (Å²) in [5, 5.41) is 6.59. The average molecular weight is 250 g/mol. The third kappa shape index (κ3) is 2.07. The molecule has 3 fully saturated rings. The summed E-state index contributed by atoms with van der Waals surface area (Å²) in [6.07, 6.45) is 4.36. The quantitative estimate of drug-likeness (QED) is 0.781. The van der Waals surface area contributed by atoms with Gasteiger partial charge in [0.2, 0.25) is 5.91 Å². The Morgan fingerprint density at radius 2 is 1.78 bits per heavy atom. The van der Waals surface area contributed by atoms with Crippen molar-refractivity contribution in [1.29, 1.82) is 0 Å². The van der Waals surface area contributed by atoms with Crippen molar-refractivity contribution in [2.24, 2.45) is 29.6 Å². The van der Waals surface area contributed by atoms with Crippen molar-refractivity contribution in [2.45, 2.75) is 52.1 Å². The molecule has 0 aliphatic heterocycles. The first kappa shape index (κ1) is 12.5. The lowest BCUT2D eigenvalue weighted by Gasteiger charge is -2.17. The Kier molecular flexibility index (Phi) is 3.13. The van der Waals surface area contributed by atoms with Crippen LogP contribution < -0.4 is 10.6 Å². The van der Waals surface area contributed by atoms with Gasteiger partial charge in [-0.15, -0.1) is 0 Å². The number of amides is 1. The maximum atomic E-state index is 11.9. The van der Waals surface area contributed by atoms with Crippen molar-refractivity contribution in [3.63, 3.8) is 0 Å². The SMILES string of the molecule is CC(C)CNC(=O)C(C)NC1C2C3CCC(C3)C12. The van der Waals surface area contributed by atoms with Crippen LogP contribution >= 0.6 is 0 Å². The van der Waals surface area contributed by atoms with Crippen LogP contribution in [0, 0.1) is 29.6 Å². The summed E-state index contributed by atoms with van der Waals surface area (Å²) < 4.78 is 0. The van der Waals surface area contributed by atoms with Crippen molar-refractivity contribution < 1.29 is 4.79 Å². The topological polar surface area (TPSA) is 41.1 Å². The van der Waals surface area contributed by atoms with Crippen LogP contribution in [0.2, 0.25) is 0 Å². The van der Waals surface area contributed by atoms with E-state index in [0.717, 1.165) is 30.2 Å². The molecule has 0 saturated heterocycles. The second kappa shape index (κ2) is 4.52. The lowest BCUT2D eigenvalue weighted by molar-refractivity contribution is -0.123. The minimum Gasteiger partial charge on any atom is -0.354 e. The molecule has 5 atom stereocenters. The normalized spacial score (nSPS) is 41.9. The Morgan fingerprint density at radius 3 is 2.33 bits per heavy atom. The summed E-state index contributed by atoms with van der Waals surface area (Å²) in [4.78, 5) is 11.9. The number of carbonyl (C=O) groups excluding carboxylic acids is 1. The molecular weight excluding hydrogens is 224 g/mol. The molecule has 0 aromatic rings. The lowest BCUT2D eigenvalue weighted by atomic mass is 10.0. The molecular formula is C15H26N2O. The van der Waals surface area contributed by atoms with E-state index in [4.69, 9.17) is 0 Å². The molecule has 3 saturated carbocycles. The van der Waals surface area contributed by atoms with E-state index in [0.29, 0.717) is 12.0 Å². The van der Waals surface area contributed by atoms with Crippen molar-refractivity contribution >= 4 is 5.91 Å². The van der Waals surface area contributed by atoms with E-state index in [1.54, 1.807) is 0 Å². The van der Waals surface area contributed by atoms with Gasteiger partial charge in [-0.05, 0) is 55.8 Å². The van der Waals surface area contributed by atoms with Gasteiger partial charge in [-0.3, -0.25) is 4.79 Å². The van der Waals surface area contributed by atoms with Crippen LogP contribution in [0.15, 0.2) is 0 Å². The van der Waals surface area contributed by atoms with Gasteiger partial charge in [0, 0.05) is 12.6 Å². The van der Waals surface area contributed by atoms with Crippen LogP contribution in [-0.2, 0) is 4.79 Å². The van der Waals surface area contributed by atoms with Crippen molar-refractivity contribution in [3.8, 4) is 0 Å².